The van der Waals surface area contributed by atoms with Crippen LogP contribution in [-0.2, 0) is 22.4 Å². The molecular formula is C19H19NO4. The summed E-state index contributed by atoms with van der Waals surface area (Å²) in [5.74, 6) is 0.446. The Morgan fingerprint density at radius 2 is 1.96 bits per heavy atom. The van der Waals surface area contributed by atoms with E-state index in [4.69, 9.17) is 9.47 Å². The van der Waals surface area contributed by atoms with E-state index in [1.54, 1.807) is 31.2 Å². The third-order valence-electron chi connectivity index (χ3n) is 3.80. The molecule has 0 atom stereocenters. The van der Waals surface area contributed by atoms with E-state index in [1.807, 2.05) is 18.2 Å². The average molecular weight is 325 g/mol. The number of hydrogen-bond donors (Lipinski definition) is 1. The highest BCUT2D eigenvalue weighted by atomic mass is 16.5. The summed E-state index contributed by atoms with van der Waals surface area (Å²) in [5, 5.41) is 2.83. The SMILES string of the molecule is CCOC(=O)c1ccc(NC(=O)Cc2ccc3c(c2)CCO3)cc1. The van der Waals surface area contributed by atoms with Gasteiger partial charge in [0, 0.05) is 12.1 Å². The lowest BCUT2D eigenvalue weighted by Gasteiger charge is -2.07. The fourth-order valence-electron chi connectivity index (χ4n) is 2.64. The Labute approximate surface area is 140 Å². The summed E-state index contributed by atoms with van der Waals surface area (Å²) in [5.41, 5.74) is 3.23. The van der Waals surface area contributed by atoms with Crippen LogP contribution in [-0.4, -0.2) is 25.1 Å². The highest BCUT2D eigenvalue weighted by molar-refractivity contribution is 5.94. The van der Waals surface area contributed by atoms with Crippen LogP contribution in [0.3, 0.4) is 0 Å². The molecule has 0 radical (unpaired) electrons. The van der Waals surface area contributed by atoms with Gasteiger partial charge in [0.05, 0.1) is 25.2 Å². The van der Waals surface area contributed by atoms with Crippen molar-refractivity contribution in [3.05, 3.63) is 59.2 Å². The molecule has 0 aliphatic carbocycles. The van der Waals surface area contributed by atoms with Crippen LogP contribution in [0.15, 0.2) is 42.5 Å². The summed E-state index contributed by atoms with van der Waals surface area (Å²) in [6.45, 7) is 2.80. The Kier molecular flexibility index (Phi) is 4.79. The number of anilines is 1. The molecule has 1 aliphatic heterocycles. The first-order chi connectivity index (χ1) is 11.7. The minimum Gasteiger partial charge on any atom is -0.493 e. The number of fused-ring (bicyclic) bond motifs is 1. The lowest BCUT2D eigenvalue weighted by Crippen LogP contribution is -2.14. The number of esters is 1. The average Bonchev–Trinajstić information content (AvgIpc) is 3.03. The van der Waals surface area contributed by atoms with Gasteiger partial charge in [0.2, 0.25) is 5.91 Å². The molecule has 3 rings (SSSR count). The second-order valence-electron chi connectivity index (χ2n) is 5.56. The quantitative estimate of drug-likeness (QED) is 0.858. The summed E-state index contributed by atoms with van der Waals surface area (Å²) < 4.78 is 10.4. The van der Waals surface area contributed by atoms with Crippen LogP contribution in [0.25, 0.3) is 0 Å². The monoisotopic (exact) mass is 325 g/mol. The maximum Gasteiger partial charge on any atom is 0.338 e. The van der Waals surface area contributed by atoms with E-state index in [0.29, 0.717) is 30.9 Å². The zero-order valence-electron chi connectivity index (χ0n) is 13.5. The predicted octanol–water partition coefficient (Wildman–Crippen LogP) is 2.98. The third kappa shape index (κ3) is 3.74. The van der Waals surface area contributed by atoms with Gasteiger partial charge in [0.15, 0.2) is 0 Å². The molecule has 0 fully saturated rings. The van der Waals surface area contributed by atoms with Gasteiger partial charge < -0.3 is 14.8 Å². The molecule has 0 bridgehead atoms. The second kappa shape index (κ2) is 7.17. The van der Waals surface area contributed by atoms with Crippen LogP contribution in [0.4, 0.5) is 5.69 Å². The van der Waals surface area contributed by atoms with Crippen LogP contribution < -0.4 is 10.1 Å². The van der Waals surface area contributed by atoms with Crippen LogP contribution in [0.5, 0.6) is 5.75 Å². The lowest BCUT2D eigenvalue weighted by atomic mass is 10.1. The highest BCUT2D eigenvalue weighted by Gasteiger charge is 2.13. The van der Waals surface area contributed by atoms with Gasteiger partial charge in [-0.05, 0) is 48.4 Å². The van der Waals surface area contributed by atoms with Crippen molar-refractivity contribution in [2.75, 3.05) is 18.5 Å². The molecule has 0 aromatic heterocycles. The van der Waals surface area contributed by atoms with E-state index < -0.39 is 0 Å². The molecule has 24 heavy (non-hydrogen) atoms. The van der Waals surface area contributed by atoms with E-state index in [-0.39, 0.29) is 11.9 Å². The van der Waals surface area contributed by atoms with Gasteiger partial charge >= 0.3 is 5.97 Å². The van der Waals surface area contributed by atoms with Crippen LogP contribution in [0, 0.1) is 0 Å². The maximum atomic E-state index is 12.2. The molecule has 1 aliphatic rings. The minimum absolute atomic E-state index is 0.0993. The Morgan fingerprint density at radius 1 is 1.17 bits per heavy atom. The van der Waals surface area contributed by atoms with Crippen molar-refractivity contribution in [3.63, 3.8) is 0 Å². The zero-order chi connectivity index (χ0) is 16.9. The number of rotatable bonds is 5. The van der Waals surface area contributed by atoms with Gasteiger partial charge in [-0.2, -0.15) is 0 Å². The molecular weight excluding hydrogens is 306 g/mol. The predicted molar refractivity (Wildman–Crippen MR) is 90.4 cm³/mol. The van der Waals surface area contributed by atoms with Gasteiger partial charge in [0.1, 0.15) is 5.75 Å². The third-order valence-corrected chi connectivity index (χ3v) is 3.80. The molecule has 1 heterocycles. The van der Waals surface area contributed by atoms with Crippen molar-refractivity contribution < 1.29 is 19.1 Å². The largest absolute Gasteiger partial charge is 0.493 e. The molecule has 0 spiro atoms. The van der Waals surface area contributed by atoms with Crippen molar-refractivity contribution in [2.45, 2.75) is 19.8 Å². The van der Waals surface area contributed by atoms with E-state index in [9.17, 15) is 9.59 Å². The number of carbonyl (C=O) groups excluding carboxylic acids is 2. The molecule has 2 aromatic rings. The number of amides is 1. The number of ether oxygens (including phenoxy) is 2. The molecule has 1 N–H and O–H groups in total. The molecule has 2 aromatic carbocycles. The van der Waals surface area contributed by atoms with Crippen molar-refractivity contribution in [3.8, 4) is 5.75 Å². The summed E-state index contributed by atoms with van der Waals surface area (Å²) in [7, 11) is 0. The van der Waals surface area contributed by atoms with Gasteiger partial charge in [-0.25, -0.2) is 4.79 Å². The van der Waals surface area contributed by atoms with E-state index >= 15 is 0 Å². The fourth-order valence-corrected chi connectivity index (χ4v) is 2.64. The number of hydrogen-bond acceptors (Lipinski definition) is 4. The van der Waals surface area contributed by atoms with Crippen LogP contribution in [0.2, 0.25) is 0 Å². The Bertz CT molecular complexity index is 752. The molecule has 5 nitrogen and oxygen atoms in total. The summed E-state index contributed by atoms with van der Waals surface area (Å²) >= 11 is 0. The first-order valence-electron chi connectivity index (χ1n) is 7.97. The minimum atomic E-state index is -0.365. The molecule has 0 saturated heterocycles. The van der Waals surface area contributed by atoms with Crippen molar-refractivity contribution >= 4 is 17.6 Å². The van der Waals surface area contributed by atoms with Crippen molar-refractivity contribution in [1.82, 2.24) is 0 Å². The number of nitrogens with one attached hydrogen (secondary N) is 1. The fraction of sp³-hybridized carbons (Fsp3) is 0.263. The Balaban J connectivity index is 1.59. The number of benzene rings is 2. The normalized spacial score (nSPS) is 12.2. The Hall–Kier alpha value is -2.82. The van der Waals surface area contributed by atoms with Gasteiger partial charge in [-0.15, -0.1) is 0 Å². The standard InChI is InChI=1S/C19H19NO4/c1-2-23-19(22)14-4-6-16(7-5-14)20-18(21)12-13-3-8-17-15(11-13)9-10-24-17/h3-8,11H,2,9-10,12H2,1H3,(H,20,21). The van der Waals surface area contributed by atoms with E-state index in [1.165, 1.54) is 0 Å². The topological polar surface area (TPSA) is 64.6 Å². The molecule has 124 valence electrons. The van der Waals surface area contributed by atoms with Gasteiger partial charge in [-0.3, -0.25) is 4.79 Å². The molecule has 1 amide bonds. The maximum absolute atomic E-state index is 12.2. The van der Waals surface area contributed by atoms with Crippen LogP contribution in [0.1, 0.15) is 28.4 Å². The number of carbonyl (C=O) groups is 2. The first kappa shape index (κ1) is 16.1. The molecule has 5 heteroatoms. The summed E-state index contributed by atoms with van der Waals surface area (Å²) in [4.78, 5) is 23.8. The molecule has 0 saturated carbocycles. The zero-order valence-corrected chi connectivity index (χ0v) is 13.5. The second-order valence-corrected chi connectivity index (χ2v) is 5.56. The highest BCUT2D eigenvalue weighted by Crippen LogP contribution is 2.26. The molecule has 0 unspecified atom stereocenters. The first-order valence-corrected chi connectivity index (χ1v) is 7.97. The van der Waals surface area contributed by atoms with Crippen molar-refractivity contribution in [2.24, 2.45) is 0 Å². The van der Waals surface area contributed by atoms with E-state index in [2.05, 4.69) is 5.32 Å². The van der Waals surface area contributed by atoms with Crippen LogP contribution >= 0.6 is 0 Å². The van der Waals surface area contributed by atoms with Crippen molar-refractivity contribution in [1.29, 1.82) is 0 Å². The summed E-state index contributed by atoms with van der Waals surface area (Å²) in [6.07, 6.45) is 1.19. The lowest BCUT2D eigenvalue weighted by molar-refractivity contribution is -0.115. The van der Waals surface area contributed by atoms with Gasteiger partial charge in [-0.1, -0.05) is 12.1 Å². The smallest absolute Gasteiger partial charge is 0.338 e. The van der Waals surface area contributed by atoms with E-state index in [0.717, 1.165) is 23.3 Å². The summed E-state index contributed by atoms with van der Waals surface area (Å²) in [6, 6.07) is 12.5. The Morgan fingerprint density at radius 3 is 2.71 bits per heavy atom. The van der Waals surface area contributed by atoms with Gasteiger partial charge in [0.25, 0.3) is 0 Å².